The van der Waals surface area contributed by atoms with Crippen LogP contribution in [0, 0.1) is 11.7 Å². The largest absolute Gasteiger partial charge is 0.393 e. The van der Waals surface area contributed by atoms with Crippen LogP contribution < -0.4 is 0 Å². The number of aryl methyl sites for hydroxylation is 1. The molecule has 0 heterocycles. The Hall–Kier alpha value is -0.410. The van der Waals surface area contributed by atoms with E-state index in [4.69, 9.17) is 0 Å². The Kier molecular flexibility index (Phi) is 4.74. The zero-order chi connectivity index (χ0) is 11.4. The summed E-state index contributed by atoms with van der Waals surface area (Å²) in [6.45, 7) is 3.95. The average molecular weight is 275 g/mol. The predicted molar refractivity (Wildman–Crippen MR) is 63.3 cm³/mol. The second-order valence-corrected chi connectivity index (χ2v) is 4.94. The van der Waals surface area contributed by atoms with Crippen molar-refractivity contribution in [3.8, 4) is 0 Å². The molecule has 1 aromatic rings. The molecule has 1 nitrogen and oxygen atoms in total. The van der Waals surface area contributed by atoms with Gasteiger partial charge in [0.1, 0.15) is 5.82 Å². The quantitative estimate of drug-likeness (QED) is 0.891. The van der Waals surface area contributed by atoms with E-state index in [0.717, 1.165) is 10.0 Å². The van der Waals surface area contributed by atoms with Crippen molar-refractivity contribution in [1.82, 2.24) is 0 Å². The zero-order valence-electron chi connectivity index (χ0n) is 9.00. The summed E-state index contributed by atoms with van der Waals surface area (Å²) in [7, 11) is 0. The van der Waals surface area contributed by atoms with E-state index in [1.54, 1.807) is 6.07 Å². The standard InChI is InChI=1S/C12H16BrFO/c1-8(2)12(15)6-3-9-7-10(14)4-5-11(9)13/h4-5,7-8,12,15H,3,6H2,1-2H3. The lowest BCUT2D eigenvalue weighted by atomic mass is 9.99. The van der Waals surface area contributed by atoms with Crippen LogP contribution in [0.1, 0.15) is 25.8 Å². The van der Waals surface area contributed by atoms with E-state index in [9.17, 15) is 9.50 Å². The van der Waals surface area contributed by atoms with E-state index in [1.807, 2.05) is 13.8 Å². The minimum Gasteiger partial charge on any atom is -0.393 e. The van der Waals surface area contributed by atoms with Gasteiger partial charge in [-0.25, -0.2) is 4.39 Å². The van der Waals surface area contributed by atoms with Crippen molar-refractivity contribution in [2.75, 3.05) is 0 Å². The Morgan fingerprint density at radius 2 is 2.07 bits per heavy atom. The minimum atomic E-state index is -0.319. The SMILES string of the molecule is CC(C)C(O)CCc1cc(F)ccc1Br. The minimum absolute atomic E-state index is 0.229. The first-order chi connectivity index (χ1) is 7.00. The van der Waals surface area contributed by atoms with Crippen molar-refractivity contribution in [3.05, 3.63) is 34.1 Å². The van der Waals surface area contributed by atoms with Gasteiger partial charge < -0.3 is 5.11 Å². The molecule has 0 bridgehead atoms. The Bertz CT molecular complexity index is 325. The Morgan fingerprint density at radius 1 is 1.40 bits per heavy atom. The Labute approximate surface area is 98.4 Å². The van der Waals surface area contributed by atoms with Crippen LogP contribution >= 0.6 is 15.9 Å². The van der Waals surface area contributed by atoms with Gasteiger partial charge in [0.25, 0.3) is 0 Å². The molecule has 0 amide bonds. The second kappa shape index (κ2) is 5.61. The van der Waals surface area contributed by atoms with E-state index in [1.165, 1.54) is 12.1 Å². The van der Waals surface area contributed by atoms with Crippen molar-refractivity contribution >= 4 is 15.9 Å². The first-order valence-electron chi connectivity index (χ1n) is 5.12. The summed E-state index contributed by atoms with van der Waals surface area (Å²) in [5.41, 5.74) is 0.912. The highest BCUT2D eigenvalue weighted by molar-refractivity contribution is 9.10. The van der Waals surface area contributed by atoms with E-state index < -0.39 is 0 Å². The maximum absolute atomic E-state index is 12.9. The van der Waals surface area contributed by atoms with Gasteiger partial charge in [-0.05, 0) is 42.5 Å². The van der Waals surface area contributed by atoms with E-state index in [-0.39, 0.29) is 17.8 Å². The van der Waals surface area contributed by atoms with Crippen LogP contribution in [0.25, 0.3) is 0 Å². The normalized spacial score (nSPS) is 13.2. The van der Waals surface area contributed by atoms with Gasteiger partial charge in [-0.3, -0.25) is 0 Å². The van der Waals surface area contributed by atoms with Gasteiger partial charge in [-0.2, -0.15) is 0 Å². The zero-order valence-corrected chi connectivity index (χ0v) is 10.6. The maximum atomic E-state index is 12.9. The molecule has 1 atom stereocenters. The van der Waals surface area contributed by atoms with E-state index >= 15 is 0 Å². The third-order valence-electron chi connectivity index (χ3n) is 2.49. The highest BCUT2D eigenvalue weighted by Gasteiger charge is 2.10. The van der Waals surface area contributed by atoms with Crippen LogP contribution in [0.4, 0.5) is 4.39 Å². The van der Waals surface area contributed by atoms with Crippen LogP contribution in [0.15, 0.2) is 22.7 Å². The number of rotatable bonds is 4. The summed E-state index contributed by atoms with van der Waals surface area (Å²) < 4.78 is 13.8. The Morgan fingerprint density at radius 3 is 2.67 bits per heavy atom. The van der Waals surface area contributed by atoms with Gasteiger partial charge in [-0.1, -0.05) is 29.8 Å². The lowest BCUT2D eigenvalue weighted by molar-refractivity contribution is 0.116. The molecule has 0 aliphatic carbocycles. The summed E-state index contributed by atoms with van der Waals surface area (Å²) in [5.74, 6) is 0.0181. The molecule has 3 heteroatoms. The number of halogens is 2. The topological polar surface area (TPSA) is 20.2 Å². The predicted octanol–water partition coefficient (Wildman–Crippen LogP) is 3.54. The molecule has 0 aliphatic rings. The molecule has 15 heavy (non-hydrogen) atoms. The van der Waals surface area contributed by atoms with Crippen molar-refractivity contribution in [2.45, 2.75) is 32.8 Å². The molecule has 1 rings (SSSR count). The molecule has 0 radical (unpaired) electrons. The van der Waals surface area contributed by atoms with Crippen LogP contribution in [-0.4, -0.2) is 11.2 Å². The molecule has 84 valence electrons. The third-order valence-corrected chi connectivity index (χ3v) is 3.26. The molecule has 0 saturated carbocycles. The summed E-state index contributed by atoms with van der Waals surface area (Å²) in [6, 6.07) is 4.63. The number of aliphatic hydroxyl groups is 1. The number of hydrogen-bond acceptors (Lipinski definition) is 1. The molecular weight excluding hydrogens is 259 g/mol. The maximum Gasteiger partial charge on any atom is 0.123 e. The fraction of sp³-hybridized carbons (Fsp3) is 0.500. The van der Waals surface area contributed by atoms with E-state index in [0.29, 0.717) is 12.8 Å². The molecule has 0 aromatic heterocycles. The smallest absolute Gasteiger partial charge is 0.123 e. The summed E-state index contributed by atoms with van der Waals surface area (Å²) in [4.78, 5) is 0. The van der Waals surface area contributed by atoms with E-state index in [2.05, 4.69) is 15.9 Å². The molecule has 0 fully saturated rings. The first-order valence-corrected chi connectivity index (χ1v) is 5.92. The van der Waals surface area contributed by atoms with Gasteiger partial charge in [0.2, 0.25) is 0 Å². The van der Waals surface area contributed by atoms with Gasteiger partial charge >= 0.3 is 0 Å². The fourth-order valence-electron chi connectivity index (χ4n) is 1.37. The van der Waals surface area contributed by atoms with Crippen LogP contribution in [-0.2, 0) is 6.42 Å². The lowest BCUT2D eigenvalue weighted by Gasteiger charge is -2.14. The van der Waals surface area contributed by atoms with Crippen molar-refractivity contribution in [2.24, 2.45) is 5.92 Å². The van der Waals surface area contributed by atoms with Crippen LogP contribution in [0.2, 0.25) is 0 Å². The molecule has 1 unspecified atom stereocenters. The van der Waals surface area contributed by atoms with Crippen molar-refractivity contribution in [1.29, 1.82) is 0 Å². The molecule has 0 spiro atoms. The first kappa shape index (κ1) is 12.7. The molecule has 1 aromatic carbocycles. The summed E-state index contributed by atoms with van der Waals surface area (Å²) in [6.07, 6.45) is 1.04. The second-order valence-electron chi connectivity index (χ2n) is 4.09. The highest BCUT2D eigenvalue weighted by atomic mass is 79.9. The molecular formula is C12H16BrFO. The monoisotopic (exact) mass is 274 g/mol. The van der Waals surface area contributed by atoms with Gasteiger partial charge in [0.15, 0.2) is 0 Å². The van der Waals surface area contributed by atoms with Crippen molar-refractivity contribution < 1.29 is 9.50 Å². The number of benzene rings is 1. The fourth-order valence-corrected chi connectivity index (χ4v) is 1.82. The van der Waals surface area contributed by atoms with Crippen LogP contribution in [0.5, 0.6) is 0 Å². The number of aliphatic hydroxyl groups excluding tert-OH is 1. The van der Waals surface area contributed by atoms with Crippen LogP contribution in [0.3, 0.4) is 0 Å². The van der Waals surface area contributed by atoms with Gasteiger partial charge in [-0.15, -0.1) is 0 Å². The summed E-state index contributed by atoms with van der Waals surface area (Å²) in [5, 5.41) is 9.64. The van der Waals surface area contributed by atoms with Crippen molar-refractivity contribution in [3.63, 3.8) is 0 Å². The highest BCUT2D eigenvalue weighted by Crippen LogP contribution is 2.20. The average Bonchev–Trinajstić information content (AvgIpc) is 2.18. The van der Waals surface area contributed by atoms with Gasteiger partial charge in [0, 0.05) is 4.47 Å². The summed E-state index contributed by atoms with van der Waals surface area (Å²) >= 11 is 3.37. The third kappa shape index (κ3) is 3.92. The molecule has 1 N–H and O–H groups in total. The molecule has 0 saturated heterocycles. The molecule has 0 aliphatic heterocycles. The van der Waals surface area contributed by atoms with Gasteiger partial charge in [0.05, 0.1) is 6.10 Å². The Balaban J connectivity index is 2.61. The number of hydrogen-bond donors (Lipinski definition) is 1. The lowest BCUT2D eigenvalue weighted by Crippen LogP contribution is -2.15.